The van der Waals surface area contributed by atoms with Crippen LogP contribution in [0.25, 0.3) is 0 Å². The number of nitrogens with two attached hydrogens (primary N) is 2. The number of carbonyl (C=O) groups is 2. The summed E-state index contributed by atoms with van der Waals surface area (Å²) in [6.45, 7) is 0.366. The molecule has 0 radical (unpaired) electrons. The third-order valence-electron chi connectivity index (χ3n) is 4.75. The van der Waals surface area contributed by atoms with Gasteiger partial charge in [-0.05, 0) is 49.0 Å². The number of thiophene rings is 1. The number of rotatable bonds is 13. The van der Waals surface area contributed by atoms with Gasteiger partial charge in [0.25, 0.3) is 15.9 Å². The maximum Gasteiger partial charge on any atom is 0.326 e. The summed E-state index contributed by atoms with van der Waals surface area (Å²) in [5.41, 5.74) is 10.8. The zero-order valence-electron chi connectivity index (χ0n) is 19.0. The van der Waals surface area contributed by atoms with Crippen molar-refractivity contribution in [2.45, 2.75) is 30.1 Å². The molecule has 0 aliphatic heterocycles. The molecule has 0 bridgehead atoms. The zero-order chi connectivity index (χ0) is 26.1. The molecule has 1 atom stereocenters. The average molecular weight is 535 g/mol. The zero-order valence-corrected chi connectivity index (χ0v) is 20.6. The minimum absolute atomic E-state index is 0.0158. The van der Waals surface area contributed by atoms with Gasteiger partial charge in [0, 0.05) is 6.07 Å². The van der Waals surface area contributed by atoms with Crippen LogP contribution in [0.3, 0.4) is 0 Å². The summed E-state index contributed by atoms with van der Waals surface area (Å²) in [6.07, 6.45) is 0.917. The van der Waals surface area contributed by atoms with Gasteiger partial charge < -0.3 is 26.6 Å². The fourth-order valence-electron chi connectivity index (χ4n) is 3.02. The van der Waals surface area contributed by atoms with Gasteiger partial charge >= 0.3 is 5.97 Å². The number of nitrogens with one attached hydrogen (secondary N) is 3. The van der Waals surface area contributed by atoms with Gasteiger partial charge in [-0.25, -0.2) is 18.2 Å². The van der Waals surface area contributed by atoms with E-state index in [0.717, 1.165) is 17.5 Å². The van der Waals surface area contributed by atoms with E-state index in [2.05, 4.69) is 20.3 Å². The SMILES string of the molecule is NC(N)NCCC[C@H](NC(=O)c1sccc1NS(=O)(=O)c1ccc(Oc2ccccc2)nc1)C(=O)O. The Hall–Kier alpha value is -3.56. The summed E-state index contributed by atoms with van der Waals surface area (Å²) in [6, 6.07) is 11.9. The molecule has 0 saturated carbocycles. The quantitative estimate of drug-likeness (QED) is 0.138. The van der Waals surface area contributed by atoms with Gasteiger partial charge in [-0.3, -0.25) is 14.8 Å². The Balaban J connectivity index is 1.65. The molecule has 2 aromatic heterocycles. The molecule has 0 aliphatic carbocycles. The van der Waals surface area contributed by atoms with Crippen LogP contribution >= 0.6 is 11.3 Å². The van der Waals surface area contributed by atoms with Crippen LogP contribution in [0.4, 0.5) is 5.69 Å². The van der Waals surface area contributed by atoms with Crippen molar-refractivity contribution in [1.29, 1.82) is 0 Å². The van der Waals surface area contributed by atoms with Crippen LogP contribution in [0.5, 0.6) is 11.6 Å². The first-order valence-electron chi connectivity index (χ1n) is 10.7. The van der Waals surface area contributed by atoms with Crippen molar-refractivity contribution in [2.24, 2.45) is 11.5 Å². The number of hydrogen-bond donors (Lipinski definition) is 6. The summed E-state index contributed by atoms with van der Waals surface area (Å²) in [4.78, 5) is 28.2. The predicted molar refractivity (Wildman–Crippen MR) is 134 cm³/mol. The standard InChI is InChI=1S/C22H26N6O6S2/c23-22(24)25-11-4-7-17(21(30)31)27-20(29)19-16(10-12-35-19)28-36(32,33)15-8-9-18(26-13-15)34-14-5-2-1-3-6-14/h1-3,5-6,8-10,12-13,17,22,25,28H,4,7,11,23-24H2,(H,27,29)(H,30,31)/t17-/m0/s1. The molecule has 36 heavy (non-hydrogen) atoms. The van der Waals surface area contributed by atoms with Crippen molar-refractivity contribution in [2.75, 3.05) is 11.3 Å². The molecule has 14 heteroatoms. The maximum absolute atomic E-state index is 12.9. The highest BCUT2D eigenvalue weighted by Crippen LogP contribution is 2.26. The number of ether oxygens (including phenoxy) is 1. The molecule has 3 aromatic rings. The van der Waals surface area contributed by atoms with Crippen LogP contribution in [0.15, 0.2) is 65.0 Å². The number of nitrogens with zero attached hydrogens (tertiary/aromatic N) is 1. The Morgan fingerprint density at radius 3 is 2.50 bits per heavy atom. The first-order valence-corrected chi connectivity index (χ1v) is 13.1. The highest BCUT2D eigenvalue weighted by atomic mass is 32.2. The van der Waals surface area contributed by atoms with Crippen molar-refractivity contribution >= 4 is 38.9 Å². The number of carboxylic acids is 1. The van der Waals surface area contributed by atoms with Crippen LogP contribution < -0.4 is 31.6 Å². The fraction of sp³-hybridized carbons (Fsp3) is 0.227. The lowest BCUT2D eigenvalue weighted by Gasteiger charge is -2.16. The molecular weight excluding hydrogens is 508 g/mol. The van der Waals surface area contributed by atoms with Crippen molar-refractivity contribution in [3.05, 3.63) is 65.0 Å². The summed E-state index contributed by atoms with van der Waals surface area (Å²) in [5.74, 6) is -1.18. The first-order chi connectivity index (χ1) is 17.2. The Bertz CT molecular complexity index is 1270. The number of pyridine rings is 1. The Morgan fingerprint density at radius 1 is 1.11 bits per heavy atom. The largest absolute Gasteiger partial charge is 0.480 e. The monoisotopic (exact) mass is 534 g/mol. The summed E-state index contributed by atoms with van der Waals surface area (Å²) >= 11 is 0.970. The molecule has 0 saturated heterocycles. The normalized spacial score (nSPS) is 12.2. The minimum Gasteiger partial charge on any atom is -0.480 e. The van der Waals surface area contributed by atoms with E-state index in [4.69, 9.17) is 16.2 Å². The van der Waals surface area contributed by atoms with Crippen LogP contribution in [-0.4, -0.2) is 49.3 Å². The van der Waals surface area contributed by atoms with Crippen LogP contribution in [0.1, 0.15) is 22.5 Å². The highest BCUT2D eigenvalue weighted by Gasteiger charge is 2.25. The van der Waals surface area contributed by atoms with Crippen molar-refractivity contribution in [3.8, 4) is 11.6 Å². The van der Waals surface area contributed by atoms with Gasteiger partial charge in [0.05, 0.1) is 11.9 Å². The second kappa shape index (κ2) is 12.4. The van der Waals surface area contributed by atoms with E-state index in [1.54, 1.807) is 24.3 Å². The number of benzene rings is 1. The molecule has 0 spiro atoms. The second-order valence-electron chi connectivity index (χ2n) is 7.50. The lowest BCUT2D eigenvalue weighted by atomic mass is 10.1. The van der Waals surface area contributed by atoms with Crippen LogP contribution in [-0.2, 0) is 14.8 Å². The molecular formula is C22H26N6O6S2. The number of carboxylic acid groups (broad SMARTS) is 1. The Morgan fingerprint density at radius 2 is 1.86 bits per heavy atom. The van der Waals surface area contributed by atoms with E-state index >= 15 is 0 Å². The number of aliphatic carboxylic acids is 1. The van der Waals surface area contributed by atoms with Crippen molar-refractivity contribution in [3.63, 3.8) is 0 Å². The van der Waals surface area contributed by atoms with Gasteiger partial charge in [0.15, 0.2) is 0 Å². The Labute approximate surface area is 211 Å². The summed E-state index contributed by atoms with van der Waals surface area (Å²) < 4.78 is 33.6. The summed E-state index contributed by atoms with van der Waals surface area (Å²) in [7, 11) is -4.09. The molecule has 0 aliphatic rings. The van der Waals surface area contributed by atoms with Gasteiger partial charge in [-0.15, -0.1) is 11.3 Å². The van der Waals surface area contributed by atoms with Crippen molar-refractivity contribution in [1.82, 2.24) is 15.6 Å². The molecule has 2 heterocycles. The minimum atomic E-state index is -4.09. The number of carbonyl (C=O) groups excluding carboxylic acids is 1. The number of sulfonamides is 1. The molecule has 1 aromatic carbocycles. The number of aromatic nitrogens is 1. The van der Waals surface area contributed by atoms with E-state index in [1.807, 2.05) is 6.07 Å². The van der Waals surface area contributed by atoms with Gasteiger partial charge in [0.2, 0.25) is 5.88 Å². The van der Waals surface area contributed by atoms with Crippen LogP contribution in [0, 0.1) is 0 Å². The van der Waals surface area contributed by atoms with E-state index in [-0.39, 0.29) is 27.8 Å². The van der Waals surface area contributed by atoms with E-state index in [1.165, 1.54) is 23.6 Å². The number of anilines is 1. The highest BCUT2D eigenvalue weighted by molar-refractivity contribution is 7.92. The van der Waals surface area contributed by atoms with E-state index in [9.17, 15) is 23.1 Å². The molecule has 8 N–H and O–H groups in total. The second-order valence-corrected chi connectivity index (χ2v) is 10.1. The smallest absolute Gasteiger partial charge is 0.326 e. The van der Waals surface area contributed by atoms with Crippen LogP contribution in [0.2, 0.25) is 0 Å². The van der Waals surface area contributed by atoms with Gasteiger partial charge in [0.1, 0.15) is 27.9 Å². The van der Waals surface area contributed by atoms with E-state index in [0.29, 0.717) is 18.7 Å². The molecule has 0 unspecified atom stereocenters. The Kier molecular flexibility index (Phi) is 9.32. The molecule has 3 rings (SSSR count). The van der Waals surface area contributed by atoms with Crippen molar-refractivity contribution < 1.29 is 27.9 Å². The topological polar surface area (TPSA) is 199 Å². The average Bonchev–Trinajstić information content (AvgIpc) is 3.29. The van der Waals surface area contributed by atoms with Gasteiger partial charge in [-0.1, -0.05) is 18.2 Å². The lowest BCUT2D eigenvalue weighted by molar-refractivity contribution is -0.139. The predicted octanol–water partition coefficient (Wildman–Crippen LogP) is 1.49. The molecule has 192 valence electrons. The maximum atomic E-state index is 12.9. The molecule has 12 nitrogen and oxygen atoms in total. The third-order valence-corrected chi connectivity index (χ3v) is 7.02. The van der Waals surface area contributed by atoms with E-state index < -0.39 is 34.2 Å². The third kappa shape index (κ3) is 7.73. The first kappa shape index (κ1) is 27.0. The lowest BCUT2D eigenvalue weighted by Crippen LogP contribution is -2.46. The summed E-state index contributed by atoms with van der Waals surface area (Å²) in [5, 5.41) is 16.1. The fourth-order valence-corrected chi connectivity index (χ4v) is 4.85. The number of para-hydroxylation sites is 1. The molecule has 1 amide bonds. The van der Waals surface area contributed by atoms with Gasteiger partial charge in [-0.2, -0.15) is 0 Å². The number of amides is 1. The molecule has 0 fully saturated rings. The number of hydrogen-bond acceptors (Lipinski definition) is 10.